The zero-order valence-electron chi connectivity index (χ0n) is 11.7. The van der Waals surface area contributed by atoms with E-state index in [2.05, 4.69) is 18.4 Å². The fraction of sp³-hybridized carbons (Fsp3) is 0.500. The standard InChI is InChI=1S/C8H10O2.C8H16/c1-2-7-5-3-4-6-8(7)10-9;1-3-5-7-8-6-4-2/h3-6,9H,2H2,1H3;3H,1,4-8H2,2H3. The molecular weight excluding hydrogens is 224 g/mol. The number of rotatable bonds is 7. The molecule has 0 saturated heterocycles. The molecule has 0 amide bonds. The van der Waals surface area contributed by atoms with E-state index in [1.165, 1.54) is 32.1 Å². The van der Waals surface area contributed by atoms with Crippen LogP contribution in [0.2, 0.25) is 0 Å². The third kappa shape index (κ3) is 7.91. The van der Waals surface area contributed by atoms with E-state index >= 15 is 0 Å². The van der Waals surface area contributed by atoms with Crippen LogP contribution in [0.5, 0.6) is 5.75 Å². The number of aryl methyl sites for hydroxylation is 1. The molecule has 0 aliphatic heterocycles. The molecule has 1 aromatic rings. The number of benzene rings is 1. The van der Waals surface area contributed by atoms with E-state index in [0.717, 1.165) is 12.0 Å². The summed E-state index contributed by atoms with van der Waals surface area (Å²) in [4.78, 5) is 4.14. The van der Waals surface area contributed by atoms with Crippen molar-refractivity contribution in [1.29, 1.82) is 0 Å². The van der Waals surface area contributed by atoms with Gasteiger partial charge in [-0.15, -0.1) is 6.58 Å². The molecule has 2 heteroatoms. The predicted molar refractivity (Wildman–Crippen MR) is 78.0 cm³/mol. The van der Waals surface area contributed by atoms with Gasteiger partial charge >= 0.3 is 0 Å². The van der Waals surface area contributed by atoms with Crippen LogP contribution in [0.3, 0.4) is 0 Å². The average molecular weight is 250 g/mol. The Hall–Kier alpha value is -1.28. The maximum Gasteiger partial charge on any atom is 0.168 e. The number of hydrogen-bond donors (Lipinski definition) is 1. The van der Waals surface area contributed by atoms with Gasteiger partial charge in [0.2, 0.25) is 0 Å². The van der Waals surface area contributed by atoms with Gasteiger partial charge in [-0.1, -0.05) is 57.4 Å². The van der Waals surface area contributed by atoms with Gasteiger partial charge in [-0.25, -0.2) is 5.26 Å². The first-order chi connectivity index (χ1) is 8.79. The monoisotopic (exact) mass is 250 g/mol. The van der Waals surface area contributed by atoms with Crippen LogP contribution in [-0.4, -0.2) is 5.26 Å². The molecule has 0 radical (unpaired) electrons. The SMILES string of the molecule is C=CCCCCCC.CCc1ccccc1OO. The number of unbranched alkanes of at least 4 members (excludes halogenated alkanes) is 4. The normalized spacial score (nSPS) is 9.28. The highest BCUT2D eigenvalue weighted by Crippen LogP contribution is 2.16. The molecule has 18 heavy (non-hydrogen) atoms. The lowest BCUT2D eigenvalue weighted by Gasteiger charge is -2.01. The molecule has 0 spiro atoms. The summed E-state index contributed by atoms with van der Waals surface area (Å²) in [5.41, 5.74) is 1.02. The van der Waals surface area contributed by atoms with Gasteiger partial charge in [0.05, 0.1) is 0 Å². The first kappa shape index (κ1) is 16.7. The maximum absolute atomic E-state index is 8.35. The van der Waals surface area contributed by atoms with Crippen LogP contribution >= 0.6 is 0 Å². The quantitative estimate of drug-likeness (QED) is 0.310. The molecule has 0 aliphatic rings. The first-order valence-electron chi connectivity index (χ1n) is 6.80. The summed E-state index contributed by atoms with van der Waals surface area (Å²) in [6.07, 6.45) is 9.48. The largest absolute Gasteiger partial charge is 0.340 e. The van der Waals surface area contributed by atoms with Crippen molar-refractivity contribution in [2.24, 2.45) is 0 Å². The van der Waals surface area contributed by atoms with E-state index in [4.69, 9.17) is 5.26 Å². The minimum atomic E-state index is 0.546. The summed E-state index contributed by atoms with van der Waals surface area (Å²) in [6.45, 7) is 7.90. The van der Waals surface area contributed by atoms with E-state index in [9.17, 15) is 0 Å². The summed E-state index contributed by atoms with van der Waals surface area (Å²) >= 11 is 0. The van der Waals surface area contributed by atoms with Crippen molar-refractivity contribution in [1.82, 2.24) is 0 Å². The second-order valence-corrected chi connectivity index (χ2v) is 4.19. The van der Waals surface area contributed by atoms with Gasteiger partial charge in [-0.3, -0.25) is 0 Å². The van der Waals surface area contributed by atoms with Gasteiger partial charge < -0.3 is 4.89 Å². The van der Waals surface area contributed by atoms with Crippen molar-refractivity contribution in [3.05, 3.63) is 42.5 Å². The van der Waals surface area contributed by atoms with Crippen molar-refractivity contribution in [3.8, 4) is 5.75 Å². The minimum Gasteiger partial charge on any atom is -0.340 e. The Morgan fingerprint density at radius 2 is 1.89 bits per heavy atom. The highest BCUT2D eigenvalue weighted by Gasteiger charge is 1.97. The third-order valence-electron chi connectivity index (χ3n) is 2.71. The molecule has 102 valence electrons. The average Bonchev–Trinajstić information content (AvgIpc) is 2.44. The molecule has 2 nitrogen and oxygen atoms in total. The fourth-order valence-corrected chi connectivity index (χ4v) is 1.60. The zero-order valence-corrected chi connectivity index (χ0v) is 11.7. The van der Waals surface area contributed by atoms with Crippen LogP contribution < -0.4 is 4.89 Å². The van der Waals surface area contributed by atoms with Crippen LogP contribution in [0.1, 0.15) is 51.5 Å². The van der Waals surface area contributed by atoms with Crippen molar-refractivity contribution in [2.75, 3.05) is 0 Å². The molecule has 0 atom stereocenters. The summed E-state index contributed by atoms with van der Waals surface area (Å²) in [6, 6.07) is 7.40. The Kier molecular flexibility index (Phi) is 11.3. The van der Waals surface area contributed by atoms with Crippen molar-refractivity contribution in [2.45, 2.75) is 52.4 Å². The Bertz CT molecular complexity index is 285. The topological polar surface area (TPSA) is 29.5 Å². The summed E-state index contributed by atoms with van der Waals surface area (Å²) in [5.74, 6) is 0.546. The number of para-hydroxylation sites is 1. The lowest BCUT2D eigenvalue weighted by atomic mass is 10.1. The Labute approximate surface area is 111 Å². The summed E-state index contributed by atoms with van der Waals surface area (Å²) in [5, 5.41) is 8.35. The van der Waals surface area contributed by atoms with Gasteiger partial charge in [0.25, 0.3) is 0 Å². The fourth-order valence-electron chi connectivity index (χ4n) is 1.60. The Morgan fingerprint density at radius 1 is 1.17 bits per heavy atom. The highest BCUT2D eigenvalue weighted by molar-refractivity contribution is 5.32. The molecule has 1 aromatic carbocycles. The van der Waals surface area contributed by atoms with Crippen molar-refractivity contribution < 1.29 is 10.1 Å². The lowest BCUT2D eigenvalue weighted by Crippen LogP contribution is -1.89. The zero-order chi connectivity index (χ0) is 13.6. The molecule has 0 aromatic heterocycles. The maximum atomic E-state index is 8.35. The van der Waals surface area contributed by atoms with Gasteiger partial charge in [0.1, 0.15) is 0 Å². The van der Waals surface area contributed by atoms with E-state index in [0.29, 0.717) is 5.75 Å². The number of allylic oxidation sites excluding steroid dienone is 1. The molecule has 0 saturated carbocycles. The Balaban J connectivity index is 0.000000331. The predicted octanol–water partition coefficient (Wildman–Crippen LogP) is 5.24. The van der Waals surface area contributed by atoms with E-state index in [1.807, 2.05) is 31.2 Å². The van der Waals surface area contributed by atoms with Crippen LogP contribution in [0.4, 0.5) is 0 Å². The second-order valence-electron chi connectivity index (χ2n) is 4.19. The van der Waals surface area contributed by atoms with E-state index in [-0.39, 0.29) is 0 Å². The molecular formula is C16H26O2. The molecule has 0 fully saturated rings. The van der Waals surface area contributed by atoms with Crippen LogP contribution in [-0.2, 0) is 6.42 Å². The first-order valence-corrected chi connectivity index (χ1v) is 6.80. The lowest BCUT2D eigenvalue weighted by molar-refractivity contribution is -0.138. The van der Waals surface area contributed by atoms with Gasteiger partial charge in [-0.05, 0) is 30.9 Å². The van der Waals surface area contributed by atoms with Gasteiger partial charge in [0, 0.05) is 0 Å². The minimum absolute atomic E-state index is 0.546. The molecule has 0 bridgehead atoms. The summed E-state index contributed by atoms with van der Waals surface area (Å²) in [7, 11) is 0. The van der Waals surface area contributed by atoms with Gasteiger partial charge in [0.15, 0.2) is 5.75 Å². The highest BCUT2D eigenvalue weighted by atomic mass is 17.1. The second kappa shape index (κ2) is 12.2. The molecule has 1 rings (SSSR count). The summed E-state index contributed by atoms with van der Waals surface area (Å²) < 4.78 is 0. The van der Waals surface area contributed by atoms with Crippen LogP contribution in [0, 0.1) is 0 Å². The molecule has 1 N–H and O–H groups in total. The van der Waals surface area contributed by atoms with Crippen molar-refractivity contribution >= 4 is 0 Å². The van der Waals surface area contributed by atoms with Gasteiger partial charge in [-0.2, -0.15) is 0 Å². The van der Waals surface area contributed by atoms with Crippen LogP contribution in [0.15, 0.2) is 36.9 Å². The smallest absolute Gasteiger partial charge is 0.168 e. The van der Waals surface area contributed by atoms with E-state index in [1.54, 1.807) is 6.07 Å². The Morgan fingerprint density at radius 3 is 2.39 bits per heavy atom. The van der Waals surface area contributed by atoms with Crippen LogP contribution in [0.25, 0.3) is 0 Å². The van der Waals surface area contributed by atoms with Crippen molar-refractivity contribution in [3.63, 3.8) is 0 Å². The van der Waals surface area contributed by atoms with E-state index < -0.39 is 0 Å². The third-order valence-corrected chi connectivity index (χ3v) is 2.71. The number of hydrogen-bond acceptors (Lipinski definition) is 2. The molecule has 0 heterocycles. The molecule has 0 aliphatic carbocycles. The molecule has 0 unspecified atom stereocenters.